The molecule has 0 aromatic heterocycles. The molecule has 0 heterocycles. The van der Waals surface area contributed by atoms with Gasteiger partial charge in [0.05, 0.1) is 0 Å². The van der Waals surface area contributed by atoms with Gasteiger partial charge in [-0.05, 0) is 0 Å². The molecule has 0 spiro atoms. The summed E-state index contributed by atoms with van der Waals surface area (Å²) in [6, 6.07) is 7.01. The fraction of sp³-hybridized carbons (Fsp3) is 0.286. The van der Waals surface area contributed by atoms with E-state index in [-0.39, 0.29) is 11.6 Å². The van der Waals surface area contributed by atoms with E-state index in [0.717, 1.165) is 13.8 Å². The van der Waals surface area contributed by atoms with E-state index in [1.165, 1.54) is 0 Å². The molecule has 0 bridgehead atoms. The first kappa shape index (κ1) is 17.5. The van der Waals surface area contributed by atoms with E-state index in [0.29, 0.717) is 24.0 Å². The van der Waals surface area contributed by atoms with E-state index in [9.17, 15) is 9.59 Å². The second kappa shape index (κ2) is 8.58. The summed E-state index contributed by atoms with van der Waals surface area (Å²) in [7, 11) is 0. The topological polar surface area (TPSA) is 109 Å². The molecule has 2 rings (SSSR count). The Morgan fingerprint density at radius 1 is 0.850 bits per heavy atom. The zero-order chi connectivity index (χ0) is 15.7. The van der Waals surface area contributed by atoms with Crippen LogP contribution in [-0.4, -0.2) is 33.7 Å². The fourth-order valence-corrected chi connectivity index (χ4v) is 1.47. The molecule has 0 saturated carbocycles. The first-order chi connectivity index (χ1) is 9.25. The molecule has 6 heteroatoms. The van der Waals surface area contributed by atoms with Gasteiger partial charge < -0.3 is 10.2 Å². The number of fused-ring (bicyclic) bond motifs is 1. The average Bonchev–Trinajstić information content (AvgIpc) is 2.33. The Hall–Kier alpha value is -2.50. The van der Waals surface area contributed by atoms with Gasteiger partial charge in [-0.1, -0.05) is 24.3 Å². The molecule has 1 aliphatic rings. The molecule has 1 aromatic carbocycles. The van der Waals surface area contributed by atoms with Crippen molar-refractivity contribution in [3.8, 4) is 0 Å². The highest BCUT2D eigenvalue weighted by Crippen LogP contribution is 2.20. The van der Waals surface area contributed by atoms with Gasteiger partial charge in [-0.15, -0.1) is 0 Å². The lowest BCUT2D eigenvalue weighted by Gasteiger charge is -2.11. The number of aliphatic carboxylic acids is 2. The number of Topliss-reactive ketones (excluding diaryl/α,β-unsaturated/α-hetero) is 2. The Labute approximate surface area is 116 Å². The quantitative estimate of drug-likeness (QED) is 0.752. The highest BCUT2D eigenvalue weighted by molar-refractivity contribution is 6.13. The first-order valence-corrected chi connectivity index (χ1v) is 5.80. The Morgan fingerprint density at radius 3 is 1.35 bits per heavy atom. The lowest BCUT2D eigenvalue weighted by atomic mass is 9.90. The Morgan fingerprint density at radius 2 is 1.10 bits per heavy atom. The molecule has 1 aliphatic carbocycles. The van der Waals surface area contributed by atoms with E-state index in [4.69, 9.17) is 19.8 Å². The van der Waals surface area contributed by atoms with Crippen LogP contribution in [0.25, 0.3) is 0 Å². The summed E-state index contributed by atoms with van der Waals surface area (Å²) in [5.74, 6) is -1.49. The number of carbonyl (C=O) groups is 4. The van der Waals surface area contributed by atoms with Gasteiger partial charge >= 0.3 is 0 Å². The van der Waals surface area contributed by atoms with Crippen molar-refractivity contribution in [2.75, 3.05) is 0 Å². The minimum atomic E-state index is -0.833. The zero-order valence-corrected chi connectivity index (χ0v) is 11.3. The van der Waals surface area contributed by atoms with Crippen LogP contribution in [0, 0.1) is 0 Å². The van der Waals surface area contributed by atoms with Gasteiger partial charge in [0, 0.05) is 37.8 Å². The van der Waals surface area contributed by atoms with Gasteiger partial charge in [0.25, 0.3) is 11.9 Å². The summed E-state index contributed by atoms with van der Waals surface area (Å²) in [6.45, 7) is 2.17. The van der Waals surface area contributed by atoms with E-state index >= 15 is 0 Å². The van der Waals surface area contributed by atoms with Crippen molar-refractivity contribution in [3.63, 3.8) is 0 Å². The summed E-state index contributed by atoms with van der Waals surface area (Å²) < 4.78 is 0. The summed E-state index contributed by atoms with van der Waals surface area (Å²) in [5.41, 5.74) is 1.18. The average molecular weight is 280 g/mol. The van der Waals surface area contributed by atoms with Gasteiger partial charge in [0.2, 0.25) is 0 Å². The number of carbonyl (C=O) groups excluding carboxylic acids is 2. The van der Waals surface area contributed by atoms with E-state index in [1.807, 2.05) is 0 Å². The maximum Gasteiger partial charge on any atom is 0.300 e. The van der Waals surface area contributed by atoms with Crippen molar-refractivity contribution in [2.45, 2.75) is 26.7 Å². The van der Waals surface area contributed by atoms with Gasteiger partial charge in [-0.3, -0.25) is 19.2 Å². The molecule has 0 unspecified atom stereocenters. The summed E-state index contributed by atoms with van der Waals surface area (Å²) in [6.07, 6.45) is 0.742. The largest absolute Gasteiger partial charge is 0.481 e. The number of rotatable bonds is 0. The standard InChI is InChI=1S/C10H8O2.2C2H4O2/c11-9-5-6-10(12)8-4-2-1-3-7(8)9;2*1-2(3)4/h1-4H,5-6H2;2*1H3,(H,3,4). The van der Waals surface area contributed by atoms with Crippen molar-refractivity contribution in [3.05, 3.63) is 35.4 Å². The van der Waals surface area contributed by atoms with Crippen LogP contribution in [0.15, 0.2) is 24.3 Å². The molecule has 0 fully saturated rings. The van der Waals surface area contributed by atoms with E-state index in [1.54, 1.807) is 24.3 Å². The number of carboxylic acids is 2. The van der Waals surface area contributed by atoms with Crippen LogP contribution >= 0.6 is 0 Å². The molecule has 108 valence electrons. The summed E-state index contributed by atoms with van der Waals surface area (Å²) in [5, 5.41) is 14.8. The van der Waals surface area contributed by atoms with E-state index < -0.39 is 11.9 Å². The molecule has 2 N–H and O–H groups in total. The molecule has 1 aromatic rings. The fourth-order valence-electron chi connectivity index (χ4n) is 1.47. The Balaban J connectivity index is 0.000000380. The van der Waals surface area contributed by atoms with Crippen molar-refractivity contribution in [2.24, 2.45) is 0 Å². The Bertz CT molecular complexity index is 463. The smallest absolute Gasteiger partial charge is 0.300 e. The molecule has 0 radical (unpaired) electrons. The highest BCUT2D eigenvalue weighted by Gasteiger charge is 2.22. The third-order valence-electron chi connectivity index (χ3n) is 2.11. The molecule has 0 aliphatic heterocycles. The molecule has 0 amide bonds. The Kier molecular flexibility index (Phi) is 7.50. The number of benzene rings is 1. The number of ketones is 2. The van der Waals surface area contributed by atoms with Crippen molar-refractivity contribution < 1.29 is 29.4 Å². The van der Waals surface area contributed by atoms with Crippen molar-refractivity contribution in [1.29, 1.82) is 0 Å². The minimum Gasteiger partial charge on any atom is -0.481 e. The number of carboxylic acid groups (broad SMARTS) is 2. The van der Waals surface area contributed by atoms with Crippen LogP contribution in [0.1, 0.15) is 47.4 Å². The third kappa shape index (κ3) is 7.05. The number of hydrogen-bond donors (Lipinski definition) is 2. The SMILES string of the molecule is CC(=O)O.CC(=O)O.O=C1CCC(=O)c2ccccc21. The highest BCUT2D eigenvalue weighted by atomic mass is 16.4. The minimum absolute atomic E-state index is 0.0881. The zero-order valence-electron chi connectivity index (χ0n) is 11.3. The third-order valence-corrected chi connectivity index (χ3v) is 2.11. The van der Waals surface area contributed by atoms with Crippen LogP contribution in [0.4, 0.5) is 0 Å². The normalized spacial score (nSPS) is 12.1. The predicted octanol–water partition coefficient (Wildman–Crippen LogP) is 2.03. The molecule has 0 saturated heterocycles. The molecule has 0 atom stereocenters. The lowest BCUT2D eigenvalue weighted by molar-refractivity contribution is -0.135. The second-order valence-electron chi connectivity index (χ2n) is 3.93. The maximum atomic E-state index is 11.3. The van der Waals surface area contributed by atoms with Crippen LogP contribution in [0.5, 0.6) is 0 Å². The van der Waals surface area contributed by atoms with Gasteiger partial charge in [-0.25, -0.2) is 0 Å². The maximum absolute atomic E-state index is 11.3. The van der Waals surface area contributed by atoms with Crippen LogP contribution < -0.4 is 0 Å². The first-order valence-electron chi connectivity index (χ1n) is 5.80. The van der Waals surface area contributed by atoms with Gasteiger partial charge in [0.15, 0.2) is 11.6 Å². The monoisotopic (exact) mass is 280 g/mol. The summed E-state index contributed by atoms with van der Waals surface area (Å²) in [4.78, 5) is 40.6. The van der Waals surface area contributed by atoms with Crippen molar-refractivity contribution >= 4 is 23.5 Å². The van der Waals surface area contributed by atoms with Crippen LogP contribution in [0.3, 0.4) is 0 Å². The van der Waals surface area contributed by atoms with E-state index in [2.05, 4.69) is 0 Å². The molecule has 6 nitrogen and oxygen atoms in total. The molecule has 20 heavy (non-hydrogen) atoms. The van der Waals surface area contributed by atoms with Crippen LogP contribution in [-0.2, 0) is 9.59 Å². The second-order valence-corrected chi connectivity index (χ2v) is 3.93. The summed E-state index contributed by atoms with van der Waals surface area (Å²) >= 11 is 0. The number of hydrogen-bond acceptors (Lipinski definition) is 4. The van der Waals surface area contributed by atoms with Gasteiger partial charge in [0.1, 0.15) is 0 Å². The van der Waals surface area contributed by atoms with Crippen LogP contribution in [0.2, 0.25) is 0 Å². The predicted molar refractivity (Wildman–Crippen MR) is 71.0 cm³/mol. The molecular formula is C14H16O6. The van der Waals surface area contributed by atoms with Crippen molar-refractivity contribution in [1.82, 2.24) is 0 Å². The van der Waals surface area contributed by atoms with Gasteiger partial charge in [-0.2, -0.15) is 0 Å². The molecular weight excluding hydrogens is 264 g/mol. The lowest BCUT2D eigenvalue weighted by Crippen LogP contribution is -2.16.